The van der Waals surface area contributed by atoms with Gasteiger partial charge in [0, 0.05) is 37.1 Å². The Morgan fingerprint density at radius 2 is 2.11 bits per heavy atom. The number of aromatic nitrogens is 1. The first kappa shape index (κ1) is 14.1. The fourth-order valence-corrected chi connectivity index (χ4v) is 2.91. The fourth-order valence-electron chi connectivity index (χ4n) is 2.91. The van der Waals surface area contributed by atoms with Gasteiger partial charge >= 0.3 is 0 Å². The van der Waals surface area contributed by atoms with E-state index in [1.165, 1.54) is 19.4 Å². The SMILES string of the molecule is CC1CCCN(CCCn2cc(N)ccc2=O)C1C. The van der Waals surface area contributed by atoms with Gasteiger partial charge in [0.2, 0.25) is 0 Å². The minimum absolute atomic E-state index is 0.0364. The lowest BCUT2D eigenvalue weighted by Gasteiger charge is -2.38. The Bertz CT molecular complexity index is 469. The van der Waals surface area contributed by atoms with Crippen molar-refractivity contribution in [2.75, 3.05) is 18.8 Å². The number of pyridine rings is 1. The molecule has 0 aromatic carbocycles. The number of piperidine rings is 1. The van der Waals surface area contributed by atoms with Crippen molar-refractivity contribution in [1.29, 1.82) is 0 Å². The zero-order chi connectivity index (χ0) is 13.8. The van der Waals surface area contributed by atoms with Crippen molar-refractivity contribution in [3.8, 4) is 0 Å². The van der Waals surface area contributed by atoms with Crippen LogP contribution in [0.1, 0.15) is 33.1 Å². The van der Waals surface area contributed by atoms with Gasteiger partial charge in [0.05, 0.1) is 0 Å². The predicted octanol–water partition coefficient (Wildman–Crippen LogP) is 1.94. The van der Waals surface area contributed by atoms with Gasteiger partial charge in [-0.15, -0.1) is 0 Å². The quantitative estimate of drug-likeness (QED) is 0.903. The Kier molecular flexibility index (Phi) is 4.64. The third-order valence-electron chi connectivity index (χ3n) is 4.35. The number of anilines is 1. The lowest BCUT2D eigenvalue weighted by Crippen LogP contribution is -2.43. The fraction of sp³-hybridized carbons (Fsp3) is 0.667. The molecule has 0 bridgehead atoms. The summed E-state index contributed by atoms with van der Waals surface area (Å²) in [4.78, 5) is 14.2. The van der Waals surface area contributed by atoms with Crippen molar-refractivity contribution >= 4 is 5.69 Å². The highest BCUT2D eigenvalue weighted by molar-refractivity contribution is 5.33. The number of rotatable bonds is 4. The predicted molar refractivity (Wildman–Crippen MR) is 79.2 cm³/mol. The van der Waals surface area contributed by atoms with E-state index >= 15 is 0 Å². The van der Waals surface area contributed by atoms with E-state index in [1.807, 2.05) is 0 Å². The average Bonchev–Trinajstić information content (AvgIpc) is 2.38. The highest BCUT2D eigenvalue weighted by atomic mass is 16.1. The van der Waals surface area contributed by atoms with Crippen LogP contribution in [0.3, 0.4) is 0 Å². The molecule has 4 nitrogen and oxygen atoms in total. The van der Waals surface area contributed by atoms with Crippen molar-refractivity contribution in [3.05, 3.63) is 28.7 Å². The lowest BCUT2D eigenvalue weighted by atomic mass is 9.92. The van der Waals surface area contributed by atoms with Crippen LogP contribution in [-0.2, 0) is 6.54 Å². The Balaban J connectivity index is 1.86. The molecular weight excluding hydrogens is 238 g/mol. The first-order chi connectivity index (χ1) is 9.08. The molecule has 2 atom stereocenters. The summed E-state index contributed by atoms with van der Waals surface area (Å²) >= 11 is 0. The first-order valence-electron chi connectivity index (χ1n) is 7.28. The summed E-state index contributed by atoms with van der Waals surface area (Å²) in [5.74, 6) is 0.781. The van der Waals surface area contributed by atoms with E-state index in [1.54, 1.807) is 22.9 Å². The molecule has 0 amide bonds. The normalized spacial score (nSPS) is 24.5. The van der Waals surface area contributed by atoms with Gasteiger partial charge in [-0.25, -0.2) is 0 Å². The molecule has 106 valence electrons. The van der Waals surface area contributed by atoms with Crippen LogP contribution in [0, 0.1) is 5.92 Å². The molecule has 19 heavy (non-hydrogen) atoms. The van der Waals surface area contributed by atoms with Crippen LogP contribution in [0.2, 0.25) is 0 Å². The van der Waals surface area contributed by atoms with Crippen LogP contribution >= 0.6 is 0 Å². The van der Waals surface area contributed by atoms with Gasteiger partial charge in [0.15, 0.2) is 0 Å². The van der Waals surface area contributed by atoms with Crippen LogP contribution in [0.5, 0.6) is 0 Å². The average molecular weight is 263 g/mol. The van der Waals surface area contributed by atoms with E-state index in [0.717, 1.165) is 25.4 Å². The number of nitrogens with zero attached hydrogens (tertiary/aromatic N) is 2. The maximum absolute atomic E-state index is 11.7. The maximum atomic E-state index is 11.7. The molecule has 1 aromatic rings. The van der Waals surface area contributed by atoms with Gasteiger partial charge in [-0.1, -0.05) is 6.92 Å². The Hall–Kier alpha value is -1.29. The lowest BCUT2D eigenvalue weighted by molar-refractivity contribution is 0.111. The molecule has 0 saturated carbocycles. The minimum atomic E-state index is 0.0364. The number of likely N-dealkylation sites (tertiary alicyclic amines) is 1. The minimum Gasteiger partial charge on any atom is -0.398 e. The van der Waals surface area contributed by atoms with Gasteiger partial charge in [-0.05, 0) is 44.7 Å². The van der Waals surface area contributed by atoms with Gasteiger partial charge in [0.1, 0.15) is 0 Å². The topological polar surface area (TPSA) is 51.3 Å². The third kappa shape index (κ3) is 3.60. The second-order valence-corrected chi connectivity index (χ2v) is 5.74. The van der Waals surface area contributed by atoms with Crippen molar-refractivity contribution in [2.24, 2.45) is 5.92 Å². The molecule has 2 N–H and O–H groups in total. The van der Waals surface area contributed by atoms with Gasteiger partial charge in [-0.2, -0.15) is 0 Å². The standard InChI is InChI=1S/C15H25N3O/c1-12-5-3-8-17(13(12)2)9-4-10-18-11-14(16)6-7-15(18)19/h6-7,11-13H,3-5,8-10,16H2,1-2H3. The van der Waals surface area contributed by atoms with Crippen LogP contribution in [0.25, 0.3) is 0 Å². The molecule has 1 saturated heterocycles. The van der Waals surface area contributed by atoms with Crippen LogP contribution in [0.4, 0.5) is 5.69 Å². The van der Waals surface area contributed by atoms with E-state index in [4.69, 9.17) is 5.73 Å². The molecule has 2 heterocycles. The Labute approximate surface area is 115 Å². The van der Waals surface area contributed by atoms with Gasteiger partial charge in [0.25, 0.3) is 5.56 Å². The maximum Gasteiger partial charge on any atom is 0.250 e. The van der Waals surface area contributed by atoms with E-state index in [9.17, 15) is 4.79 Å². The summed E-state index contributed by atoms with van der Waals surface area (Å²) in [6, 6.07) is 3.86. The number of nitrogen functional groups attached to an aromatic ring is 1. The van der Waals surface area contributed by atoms with Gasteiger partial charge < -0.3 is 15.2 Å². The second-order valence-electron chi connectivity index (χ2n) is 5.74. The zero-order valence-corrected chi connectivity index (χ0v) is 12.0. The summed E-state index contributed by atoms with van der Waals surface area (Å²) in [6.07, 6.45) is 5.38. The smallest absolute Gasteiger partial charge is 0.250 e. The van der Waals surface area contributed by atoms with E-state index in [-0.39, 0.29) is 5.56 Å². The van der Waals surface area contributed by atoms with Crippen molar-refractivity contribution in [1.82, 2.24) is 9.47 Å². The van der Waals surface area contributed by atoms with Crippen LogP contribution < -0.4 is 11.3 Å². The molecule has 1 aromatic heterocycles. The summed E-state index contributed by atoms with van der Waals surface area (Å²) in [7, 11) is 0. The zero-order valence-electron chi connectivity index (χ0n) is 12.0. The summed E-state index contributed by atoms with van der Waals surface area (Å²) < 4.78 is 1.72. The van der Waals surface area contributed by atoms with Gasteiger partial charge in [-0.3, -0.25) is 4.79 Å². The highest BCUT2D eigenvalue weighted by Crippen LogP contribution is 2.22. The largest absolute Gasteiger partial charge is 0.398 e. The first-order valence-corrected chi connectivity index (χ1v) is 7.28. The third-order valence-corrected chi connectivity index (χ3v) is 4.35. The second kappa shape index (κ2) is 6.24. The highest BCUT2D eigenvalue weighted by Gasteiger charge is 2.23. The number of hydrogen-bond acceptors (Lipinski definition) is 3. The summed E-state index contributed by atoms with van der Waals surface area (Å²) in [6.45, 7) is 7.65. The molecule has 0 aliphatic carbocycles. The monoisotopic (exact) mass is 263 g/mol. The van der Waals surface area contributed by atoms with Crippen molar-refractivity contribution < 1.29 is 0 Å². The van der Waals surface area contributed by atoms with Crippen LogP contribution in [0.15, 0.2) is 23.1 Å². The molecule has 2 rings (SSSR count). The van der Waals surface area contributed by atoms with E-state index in [0.29, 0.717) is 11.7 Å². The summed E-state index contributed by atoms with van der Waals surface area (Å²) in [5.41, 5.74) is 6.40. The molecule has 1 aliphatic heterocycles. The molecule has 0 radical (unpaired) electrons. The number of nitrogens with two attached hydrogens (primary N) is 1. The Morgan fingerprint density at radius 1 is 1.32 bits per heavy atom. The number of hydrogen-bond donors (Lipinski definition) is 1. The molecule has 1 aliphatic rings. The molecule has 1 fully saturated rings. The van der Waals surface area contributed by atoms with Crippen molar-refractivity contribution in [2.45, 2.75) is 45.7 Å². The molecular formula is C15H25N3O. The molecule has 0 spiro atoms. The molecule has 4 heteroatoms. The van der Waals surface area contributed by atoms with Crippen LogP contribution in [-0.4, -0.2) is 28.6 Å². The van der Waals surface area contributed by atoms with E-state index in [2.05, 4.69) is 18.7 Å². The number of aryl methyl sites for hydroxylation is 1. The Morgan fingerprint density at radius 3 is 2.89 bits per heavy atom. The summed E-state index contributed by atoms with van der Waals surface area (Å²) in [5, 5.41) is 0. The van der Waals surface area contributed by atoms with E-state index < -0.39 is 0 Å². The molecule has 2 unspecified atom stereocenters. The van der Waals surface area contributed by atoms with Crippen molar-refractivity contribution in [3.63, 3.8) is 0 Å².